The van der Waals surface area contributed by atoms with Crippen LogP contribution in [0.3, 0.4) is 0 Å². The van der Waals surface area contributed by atoms with E-state index in [0.717, 1.165) is 0 Å². The van der Waals surface area contributed by atoms with Crippen molar-refractivity contribution in [3.8, 4) is 0 Å². The summed E-state index contributed by atoms with van der Waals surface area (Å²) in [5, 5.41) is 8.71. The average molecular weight is 379 g/mol. The lowest BCUT2D eigenvalue weighted by Gasteiger charge is -2.40. The Balaban J connectivity index is 1.69. The van der Waals surface area contributed by atoms with Gasteiger partial charge in [0.2, 0.25) is 5.91 Å². The highest BCUT2D eigenvalue weighted by Crippen LogP contribution is 2.29. The molecule has 0 aromatic carbocycles. The first kappa shape index (κ1) is 18.3. The summed E-state index contributed by atoms with van der Waals surface area (Å²) in [6, 6.07) is 0. The van der Waals surface area contributed by atoms with Crippen LogP contribution in [0.15, 0.2) is 28.7 Å². The smallest absolute Gasteiger partial charge is 0.275 e. The molecule has 0 bridgehead atoms. The normalized spacial score (nSPS) is 16.3. The maximum atomic E-state index is 12.8. The third-order valence-corrected chi connectivity index (χ3v) is 5.05. The fraction of sp³-hybridized carbons (Fsp3) is 0.500. The Morgan fingerprint density at radius 1 is 1.38 bits per heavy atom. The number of likely N-dealkylation sites (tertiary alicyclic amines) is 1. The van der Waals surface area contributed by atoms with Gasteiger partial charge >= 0.3 is 0 Å². The minimum absolute atomic E-state index is 0.113. The summed E-state index contributed by atoms with van der Waals surface area (Å²) in [5.74, 6) is -0.306. The molecule has 3 heterocycles. The summed E-state index contributed by atoms with van der Waals surface area (Å²) in [4.78, 5) is 35.1. The van der Waals surface area contributed by atoms with E-state index in [-0.39, 0.29) is 17.5 Å². The molecule has 2 N–H and O–H groups in total. The molecule has 10 heteroatoms. The quantitative estimate of drug-likeness (QED) is 0.690. The van der Waals surface area contributed by atoms with E-state index in [1.807, 2.05) is 5.38 Å². The largest absolute Gasteiger partial charge is 0.451 e. The van der Waals surface area contributed by atoms with Gasteiger partial charge in [0.15, 0.2) is 17.2 Å². The van der Waals surface area contributed by atoms with Crippen LogP contribution in [0.25, 0.3) is 0 Å². The Hall–Kier alpha value is -2.46. The van der Waals surface area contributed by atoms with Gasteiger partial charge in [-0.25, -0.2) is 9.97 Å². The number of anilines is 1. The molecule has 2 amide bonds. The van der Waals surface area contributed by atoms with Crippen molar-refractivity contribution < 1.29 is 18.7 Å². The van der Waals surface area contributed by atoms with E-state index in [2.05, 4.69) is 20.6 Å². The third-order valence-electron chi connectivity index (χ3n) is 4.36. The number of carbonyl (C=O) groups excluding carboxylic acids is 2. The molecule has 0 spiro atoms. The van der Waals surface area contributed by atoms with Gasteiger partial charge in [0.05, 0.1) is 6.61 Å². The zero-order valence-electron chi connectivity index (χ0n) is 14.4. The highest BCUT2D eigenvalue weighted by atomic mass is 32.1. The topological polar surface area (TPSA) is 110 Å². The Bertz CT molecular complexity index is 711. The number of oxazole rings is 1. The summed E-state index contributed by atoms with van der Waals surface area (Å²) in [5.41, 5.74) is -0.540. The number of piperidine rings is 1. The fourth-order valence-corrected chi connectivity index (χ4v) is 3.53. The number of methoxy groups -OCH3 is 1. The maximum absolute atomic E-state index is 12.8. The van der Waals surface area contributed by atoms with Crippen molar-refractivity contribution >= 4 is 28.3 Å². The Morgan fingerprint density at radius 2 is 2.19 bits per heavy atom. The lowest BCUT2D eigenvalue weighted by atomic mass is 9.86. The van der Waals surface area contributed by atoms with Gasteiger partial charge in [0.25, 0.3) is 5.91 Å². The fourth-order valence-electron chi connectivity index (χ4n) is 2.91. The van der Waals surface area contributed by atoms with Gasteiger partial charge < -0.3 is 24.7 Å². The Morgan fingerprint density at radius 3 is 2.81 bits per heavy atom. The van der Waals surface area contributed by atoms with Crippen molar-refractivity contribution in [1.82, 2.24) is 20.2 Å². The number of nitrogens with one attached hydrogen (secondary N) is 2. The van der Waals surface area contributed by atoms with Crippen LogP contribution in [0.4, 0.5) is 5.13 Å². The maximum Gasteiger partial charge on any atom is 0.275 e. The van der Waals surface area contributed by atoms with E-state index in [1.54, 1.807) is 18.2 Å². The van der Waals surface area contributed by atoms with E-state index >= 15 is 0 Å². The Labute approximate surface area is 154 Å². The minimum Gasteiger partial charge on any atom is -0.451 e. The molecule has 1 saturated heterocycles. The van der Waals surface area contributed by atoms with Gasteiger partial charge in [0.1, 0.15) is 11.8 Å². The minimum atomic E-state index is -0.813. The second-order valence-electron chi connectivity index (χ2n) is 5.96. The zero-order valence-corrected chi connectivity index (χ0v) is 15.3. The van der Waals surface area contributed by atoms with Crippen LogP contribution in [0.5, 0.6) is 0 Å². The lowest BCUT2D eigenvalue weighted by molar-refractivity contribution is -0.127. The molecule has 0 saturated carbocycles. The molecule has 3 rings (SSSR count). The first-order valence-electron chi connectivity index (χ1n) is 8.27. The SMILES string of the molecule is COCCNC(=O)C1(Nc2nccs2)CCN(C(=O)c2cocn2)CC1. The van der Waals surface area contributed by atoms with E-state index < -0.39 is 5.54 Å². The number of amides is 2. The van der Waals surface area contributed by atoms with Crippen molar-refractivity contribution in [2.75, 3.05) is 38.7 Å². The zero-order chi connectivity index (χ0) is 18.4. The number of nitrogens with zero attached hydrogens (tertiary/aromatic N) is 3. The van der Waals surface area contributed by atoms with Crippen molar-refractivity contribution in [2.45, 2.75) is 18.4 Å². The predicted octanol–water partition coefficient (Wildman–Crippen LogP) is 0.981. The number of hydrogen-bond donors (Lipinski definition) is 2. The number of rotatable bonds is 7. The molecule has 9 nitrogen and oxygen atoms in total. The van der Waals surface area contributed by atoms with E-state index in [0.29, 0.717) is 44.2 Å². The average Bonchev–Trinajstić information content (AvgIpc) is 3.36. The van der Waals surface area contributed by atoms with Crippen LogP contribution in [0.1, 0.15) is 23.3 Å². The second-order valence-corrected chi connectivity index (χ2v) is 6.85. The van der Waals surface area contributed by atoms with Crippen LogP contribution < -0.4 is 10.6 Å². The van der Waals surface area contributed by atoms with Gasteiger partial charge in [-0.2, -0.15) is 0 Å². The number of thiazole rings is 1. The molecule has 1 aliphatic rings. The van der Waals surface area contributed by atoms with Gasteiger partial charge in [-0.1, -0.05) is 0 Å². The molecular weight excluding hydrogens is 358 g/mol. The highest BCUT2D eigenvalue weighted by molar-refractivity contribution is 7.13. The first-order chi connectivity index (χ1) is 12.6. The van der Waals surface area contributed by atoms with Crippen molar-refractivity contribution in [3.05, 3.63) is 29.9 Å². The van der Waals surface area contributed by atoms with E-state index in [9.17, 15) is 9.59 Å². The van der Waals surface area contributed by atoms with Gasteiger partial charge in [-0.3, -0.25) is 9.59 Å². The summed E-state index contributed by atoms with van der Waals surface area (Å²) in [7, 11) is 1.59. The lowest BCUT2D eigenvalue weighted by Crippen LogP contribution is -2.59. The monoisotopic (exact) mass is 379 g/mol. The molecule has 2 aromatic rings. The summed E-state index contributed by atoms with van der Waals surface area (Å²) < 4.78 is 9.87. The van der Waals surface area contributed by atoms with Gasteiger partial charge in [-0.15, -0.1) is 11.3 Å². The summed E-state index contributed by atoms with van der Waals surface area (Å²) in [6.45, 7) is 1.73. The van der Waals surface area contributed by atoms with Crippen molar-refractivity contribution in [1.29, 1.82) is 0 Å². The third kappa shape index (κ3) is 4.02. The molecular formula is C16H21N5O4S. The molecule has 2 aromatic heterocycles. The number of ether oxygens (including phenoxy) is 1. The van der Waals surface area contributed by atoms with E-state index in [1.165, 1.54) is 24.0 Å². The molecule has 0 unspecified atom stereocenters. The molecule has 0 atom stereocenters. The van der Waals surface area contributed by atoms with Crippen LogP contribution in [0, 0.1) is 0 Å². The Kier molecular flexibility index (Phi) is 5.84. The molecule has 0 aliphatic carbocycles. The first-order valence-corrected chi connectivity index (χ1v) is 9.15. The van der Waals surface area contributed by atoms with Crippen molar-refractivity contribution in [3.63, 3.8) is 0 Å². The molecule has 1 aliphatic heterocycles. The molecule has 0 radical (unpaired) electrons. The number of carbonyl (C=O) groups is 2. The highest BCUT2D eigenvalue weighted by Gasteiger charge is 2.43. The van der Waals surface area contributed by atoms with Gasteiger partial charge in [0, 0.05) is 38.3 Å². The standard InChI is InChI=1S/C16H21N5O4S/c1-24-8-4-17-14(23)16(20-15-18-5-9-26-15)2-6-21(7-3-16)13(22)12-10-25-11-19-12/h5,9-11H,2-4,6-8H2,1H3,(H,17,23)(H,18,20). The number of hydrogen-bond acceptors (Lipinski definition) is 8. The summed E-state index contributed by atoms with van der Waals surface area (Å²) >= 11 is 1.44. The van der Waals surface area contributed by atoms with Crippen LogP contribution in [-0.4, -0.2) is 65.6 Å². The summed E-state index contributed by atoms with van der Waals surface area (Å²) in [6.07, 6.45) is 5.18. The van der Waals surface area contributed by atoms with Gasteiger partial charge in [-0.05, 0) is 12.8 Å². The van der Waals surface area contributed by atoms with E-state index in [4.69, 9.17) is 9.15 Å². The molecule has 1 fully saturated rings. The number of aromatic nitrogens is 2. The second kappa shape index (κ2) is 8.28. The van der Waals surface area contributed by atoms with Crippen LogP contribution in [-0.2, 0) is 9.53 Å². The van der Waals surface area contributed by atoms with Crippen LogP contribution in [0.2, 0.25) is 0 Å². The predicted molar refractivity (Wildman–Crippen MR) is 95.0 cm³/mol. The molecule has 140 valence electrons. The van der Waals surface area contributed by atoms with Crippen LogP contribution >= 0.6 is 11.3 Å². The van der Waals surface area contributed by atoms with Crippen molar-refractivity contribution in [2.24, 2.45) is 0 Å². The molecule has 26 heavy (non-hydrogen) atoms.